The summed E-state index contributed by atoms with van der Waals surface area (Å²) >= 11 is 0. The molecule has 1 aliphatic rings. The maximum Gasteiger partial charge on any atom is 0.225 e. The summed E-state index contributed by atoms with van der Waals surface area (Å²) in [6.07, 6.45) is 6.36. The van der Waals surface area contributed by atoms with Gasteiger partial charge >= 0.3 is 0 Å². The Morgan fingerprint density at radius 2 is 2.24 bits per heavy atom. The van der Waals surface area contributed by atoms with E-state index in [0.717, 1.165) is 51.6 Å². The average molecular weight is 241 g/mol. The van der Waals surface area contributed by atoms with Crippen molar-refractivity contribution in [3.05, 3.63) is 0 Å². The van der Waals surface area contributed by atoms with Gasteiger partial charge in [-0.1, -0.05) is 26.7 Å². The summed E-state index contributed by atoms with van der Waals surface area (Å²) in [4.78, 5) is 14.3. The topological polar surface area (TPSA) is 40.5 Å². The highest BCUT2D eigenvalue weighted by atomic mass is 16.3. The van der Waals surface area contributed by atoms with Gasteiger partial charge in [-0.3, -0.25) is 4.79 Å². The van der Waals surface area contributed by atoms with Gasteiger partial charge in [-0.25, -0.2) is 0 Å². The van der Waals surface area contributed by atoms with Gasteiger partial charge in [-0.05, 0) is 31.6 Å². The molecule has 1 heterocycles. The van der Waals surface area contributed by atoms with Crippen LogP contribution in [0.3, 0.4) is 0 Å². The number of unbranched alkanes of at least 4 members (excludes halogenated alkanes) is 1. The molecule has 0 spiro atoms. The van der Waals surface area contributed by atoms with E-state index < -0.39 is 0 Å². The monoisotopic (exact) mass is 241 g/mol. The molecule has 100 valence electrons. The predicted octanol–water partition coefficient (Wildman–Crippen LogP) is 2.43. The molecule has 1 N–H and O–H groups in total. The molecule has 3 heteroatoms. The van der Waals surface area contributed by atoms with Crippen molar-refractivity contribution in [3.63, 3.8) is 0 Å². The normalized spacial score (nSPS) is 22.5. The number of nitrogens with zero attached hydrogens (tertiary/aromatic N) is 1. The molecule has 17 heavy (non-hydrogen) atoms. The van der Waals surface area contributed by atoms with Gasteiger partial charge in [0.1, 0.15) is 0 Å². The lowest BCUT2D eigenvalue weighted by Gasteiger charge is -2.34. The van der Waals surface area contributed by atoms with Crippen LogP contribution in [-0.4, -0.2) is 35.6 Å². The van der Waals surface area contributed by atoms with E-state index >= 15 is 0 Å². The fourth-order valence-electron chi connectivity index (χ4n) is 2.63. The molecule has 0 saturated carbocycles. The van der Waals surface area contributed by atoms with Crippen LogP contribution in [0.5, 0.6) is 0 Å². The fraction of sp³-hybridized carbons (Fsp3) is 0.929. The number of amides is 1. The van der Waals surface area contributed by atoms with Crippen molar-refractivity contribution in [3.8, 4) is 0 Å². The molecule has 0 aromatic rings. The molecule has 0 aromatic carbocycles. The number of piperidine rings is 1. The molecule has 1 saturated heterocycles. The van der Waals surface area contributed by atoms with Crippen LogP contribution in [0, 0.1) is 11.8 Å². The van der Waals surface area contributed by atoms with Crippen molar-refractivity contribution in [2.24, 2.45) is 11.8 Å². The second kappa shape index (κ2) is 7.70. The Kier molecular flexibility index (Phi) is 6.56. The molecule has 1 aliphatic heterocycles. The number of rotatable bonds is 6. The number of carbonyl (C=O) groups is 1. The maximum absolute atomic E-state index is 12.3. The summed E-state index contributed by atoms with van der Waals surface area (Å²) in [7, 11) is 0. The second-order valence-corrected chi connectivity index (χ2v) is 5.22. The summed E-state index contributed by atoms with van der Waals surface area (Å²) in [5, 5.41) is 9.19. The Hall–Kier alpha value is -0.570. The van der Waals surface area contributed by atoms with E-state index in [2.05, 4.69) is 13.8 Å². The highest BCUT2D eigenvalue weighted by molar-refractivity contribution is 5.78. The Bertz CT molecular complexity index is 230. The summed E-state index contributed by atoms with van der Waals surface area (Å²) in [6, 6.07) is 0. The fourth-order valence-corrected chi connectivity index (χ4v) is 2.63. The molecule has 3 nitrogen and oxygen atoms in total. The van der Waals surface area contributed by atoms with E-state index in [1.807, 2.05) is 4.90 Å². The summed E-state index contributed by atoms with van der Waals surface area (Å²) in [6.45, 7) is 6.14. The summed E-state index contributed by atoms with van der Waals surface area (Å²) in [5.74, 6) is 0.822. The van der Waals surface area contributed by atoms with Gasteiger partial charge in [0.2, 0.25) is 5.91 Å². The summed E-state index contributed by atoms with van der Waals surface area (Å²) < 4.78 is 0. The first kappa shape index (κ1) is 14.5. The Morgan fingerprint density at radius 1 is 1.47 bits per heavy atom. The van der Waals surface area contributed by atoms with Crippen molar-refractivity contribution in [1.82, 2.24) is 4.90 Å². The standard InChI is InChI=1S/C14H27NO2/c1-3-5-8-13(4-2)14(17)15-9-6-7-12(10-15)11-16/h12-13,16H,3-11H2,1-2H3. The molecule has 2 unspecified atom stereocenters. The minimum Gasteiger partial charge on any atom is -0.396 e. The van der Waals surface area contributed by atoms with Crippen molar-refractivity contribution in [2.75, 3.05) is 19.7 Å². The molecule has 1 rings (SSSR count). The number of carbonyl (C=O) groups excluding carboxylic acids is 1. The van der Waals surface area contributed by atoms with Crippen molar-refractivity contribution >= 4 is 5.91 Å². The van der Waals surface area contributed by atoms with Crippen molar-refractivity contribution in [2.45, 2.75) is 52.4 Å². The van der Waals surface area contributed by atoms with Gasteiger partial charge < -0.3 is 10.0 Å². The van der Waals surface area contributed by atoms with E-state index in [1.54, 1.807) is 0 Å². The number of aliphatic hydroxyl groups is 1. The van der Waals surface area contributed by atoms with Crippen molar-refractivity contribution < 1.29 is 9.90 Å². The van der Waals surface area contributed by atoms with Crippen molar-refractivity contribution in [1.29, 1.82) is 0 Å². The SMILES string of the molecule is CCCCC(CC)C(=O)N1CCCC(CO)C1. The number of aliphatic hydroxyl groups excluding tert-OH is 1. The zero-order valence-electron chi connectivity index (χ0n) is 11.3. The van der Waals surface area contributed by atoms with E-state index in [0.29, 0.717) is 11.8 Å². The quantitative estimate of drug-likeness (QED) is 0.776. The molecule has 0 radical (unpaired) electrons. The van der Waals surface area contributed by atoms with E-state index in [9.17, 15) is 9.90 Å². The minimum absolute atomic E-state index is 0.201. The van der Waals surface area contributed by atoms with Gasteiger partial charge in [-0.2, -0.15) is 0 Å². The van der Waals surface area contributed by atoms with Crippen LogP contribution in [-0.2, 0) is 4.79 Å². The van der Waals surface area contributed by atoms with Crippen LogP contribution in [0.25, 0.3) is 0 Å². The van der Waals surface area contributed by atoms with Gasteiger partial charge in [0.05, 0.1) is 0 Å². The second-order valence-electron chi connectivity index (χ2n) is 5.22. The van der Waals surface area contributed by atoms with Crippen LogP contribution in [0.4, 0.5) is 0 Å². The average Bonchev–Trinajstić information content (AvgIpc) is 2.39. The highest BCUT2D eigenvalue weighted by Gasteiger charge is 2.27. The largest absolute Gasteiger partial charge is 0.396 e. The first-order valence-electron chi connectivity index (χ1n) is 7.12. The number of hydrogen-bond acceptors (Lipinski definition) is 2. The van der Waals surface area contributed by atoms with Gasteiger partial charge in [0.25, 0.3) is 0 Å². The van der Waals surface area contributed by atoms with Gasteiger partial charge in [0.15, 0.2) is 0 Å². The lowest BCUT2D eigenvalue weighted by molar-refractivity contribution is -0.138. The smallest absolute Gasteiger partial charge is 0.225 e. The Labute approximate surface area is 105 Å². The zero-order valence-corrected chi connectivity index (χ0v) is 11.3. The third-order valence-electron chi connectivity index (χ3n) is 3.84. The molecule has 0 aliphatic carbocycles. The molecule has 1 amide bonds. The third kappa shape index (κ3) is 4.30. The minimum atomic E-state index is 0.201. The van der Waals surface area contributed by atoms with E-state index in [4.69, 9.17) is 0 Å². The molecule has 0 bridgehead atoms. The first-order valence-corrected chi connectivity index (χ1v) is 7.12. The Balaban J connectivity index is 2.48. The Morgan fingerprint density at radius 3 is 2.82 bits per heavy atom. The van der Waals surface area contributed by atoms with Crippen LogP contribution in [0.2, 0.25) is 0 Å². The molecular weight excluding hydrogens is 214 g/mol. The molecular formula is C14H27NO2. The number of hydrogen-bond donors (Lipinski definition) is 1. The summed E-state index contributed by atoms with van der Waals surface area (Å²) in [5.41, 5.74) is 0. The lowest BCUT2D eigenvalue weighted by Crippen LogP contribution is -2.43. The van der Waals surface area contributed by atoms with Gasteiger partial charge in [0, 0.05) is 25.6 Å². The first-order chi connectivity index (χ1) is 8.22. The molecule has 2 atom stereocenters. The van der Waals surface area contributed by atoms with Crippen LogP contribution >= 0.6 is 0 Å². The third-order valence-corrected chi connectivity index (χ3v) is 3.84. The maximum atomic E-state index is 12.3. The molecule has 0 aromatic heterocycles. The zero-order chi connectivity index (χ0) is 12.7. The van der Waals surface area contributed by atoms with Crippen LogP contribution in [0.1, 0.15) is 52.4 Å². The predicted molar refractivity (Wildman–Crippen MR) is 69.7 cm³/mol. The van der Waals surface area contributed by atoms with Gasteiger partial charge in [-0.15, -0.1) is 0 Å². The highest BCUT2D eigenvalue weighted by Crippen LogP contribution is 2.21. The van der Waals surface area contributed by atoms with Crippen LogP contribution < -0.4 is 0 Å². The molecule has 1 fully saturated rings. The lowest BCUT2D eigenvalue weighted by atomic mass is 9.94. The van der Waals surface area contributed by atoms with E-state index in [-0.39, 0.29) is 12.5 Å². The van der Waals surface area contributed by atoms with E-state index in [1.165, 1.54) is 0 Å². The number of likely N-dealkylation sites (tertiary alicyclic amines) is 1. The van der Waals surface area contributed by atoms with Crippen LogP contribution in [0.15, 0.2) is 0 Å².